The highest BCUT2D eigenvalue weighted by Crippen LogP contribution is 2.29. The van der Waals surface area contributed by atoms with E-state index in [0.717, 1.165) is 25.7 Å². The van der Waals surface area contributed by atoms with Crippen molar-refractivity contribution in [2.24, 2.45) is 5.92 Å². The molecule has 0 nitrogen and oxygen atoms in total. The molecule has 0 aliphatic carbocycles. The molecule has 35 heavy (non-hydrogen) atoms. The topological polar surface area (TPSA) is 0 Å². The molecular weight excluding hydrogens is 420 g/mol. The first-order valence-electron chi connectivity index (χ1n) is 14.0. The van der Waals surface area contributed by atoms with Gasteiger partial charge in [-0.05, 0) is 140 Å². The summed E-state index contributed by atoms with van der Waals surface area (Å²) < 4.78 is 0. The molecule has 0 aliphatic heterocycles. The van der Waals surface area contributed by atoms with Crippen molar-refractivity contribution in [1.82, 2.24) is 0 Å². The molecule has 0 spiro atoms. The van der Waals surface area contributed by atoms with E-state index >= 15 is 0 Å². The van der Waals surface area contributed by atoms with E-state index in [1.54, 1.807) is 5.57 Å². The molecule has 0 heterocycles. The maximum absolute atomic E-state index is 2.49. The largest absolute Gasteiger partial charge is 0.0884 e. The maximum Gasteiger partial charge on any atom is -0.0134 e. The molecule has 0 radical (unpaired) electrons. The standard InChI is InChI=1S/C35H58/c1-12-33(11)35(25-23-31(9)19-14-17-28(4)5)26-34(29(6)7)24-22-32(10)21-15-20-30(8)18-13-16-27(2)3/h12,16-17,20,22-23,35H,13-15,18-19,21,24-26H2,1-11H3. The average molecular weight is 479 g/mol. The molecule has 0 aliphatic rings. The van der Waals surface area contributed by atoms with Crippen LogP contribution in [0.3, 0.4) is 0 Å². The summed E-state index contributed by atoms with van der Waals surface area (Å²) in [6.07, 6.45) is 24.8. The first-order valence-corrected chi connectivity index (χ1v) is 14.0. The zero-order valence-corrected chi connectivity index (χ0v) is 25.4. The van der Waals surface area contributed by atoms with Crippen LogP contribution in [0.1, 0.15) is 134 Å². The molecule has 0 N–H and O–H groups in total. The van der Waals surface area contributed by atoms with Crippen LogP contribution in [0.15, 0.2) is 81.0 Å². The van der Waals surface area contributed by atoms with Gasteiger partial charge in [-0.1, -0.05) is 81.0 Å². The van der Waals surface area contributed by atoms with Gasteiger partial charge >= 0.3 is 0 Å². The lowest BCUT2D eigenvalue weighted by atomic mass is 9.86. The summed E-state index contributed by atoms with van der Waals surface area (Å²) in [7, 11) is 0. The van der Waals surface area contributed by atoms with E-state index in [4.69, 9.17) is 0 Å². The SMILES string of the molecule is CC=C(C)C(CC=C(C)CCC=C(C)C)CC(CC=C(C)CCC=C(C)CCC=C(C)C)=C(C)C. The summed E-state index contributed by atoms with van der Waals surface area (Å²) in [4.78, 5) is 0. The van der Waals surface area contributed by atoms with Crippen molar-refractivity contribution < 1.29 is 0 Å². The number of allylic oxidation sites excluding steroid dienone is 14. The van der Waals surface area contributed by atoms with E-state index in [0.29, 0.717) is 5.92 Å². The minimum absolute atomic E-state index is 0.600. The van der Waals surface area contributed by atoms with Crippen LogP contribution in [0.4, 0.5) is 0 Å². The first-order chi connectivity index (χ1) is 16.5. The van der Waals surface area contributed by atoms with E-state index in [9.17, 15) is 0 Å². The molecule has 0 aromatic heterocycles. The predicted octanol–water partition coefficient (Wildman–Crippen LogP) is 12.2. The lowest BCUT2D eigenvalue weighted by molar-refractivity contribution is 0.601. The lowest BCUT2D eigenvalue weighted by Gasteiger charge is -2.20. The quantitative estimate of drug-likeness (QED) is 0.193. The third-order valence-corrected chi connectivity index (χ3v) is 6.96. The average Bonchev–Trinajstić information content (AvgIpc) is 2.77. The Kier molecular flexibility index (Phi) is 18.4. The molecule has 0 rings (SSSR count). The third-order valence-electron chi connectivity index (χ3n) is 6.96. The minimum Gasteiger partial charge on any atom is -0.0884 e. The minimum atomic E-state index is 0.600. The number of rotatable bonds is 16. The van der Waals surface area contributed by atoms with Crippen molar-refractivity contribution in [2.45, 2.75) is 134 Å². The summed E-state index contributed by atoms with van der Waals surface area (Å²) in [6.45, 7) is 24.7. The summed E-state index contributed by atoms with van der Waals surface area (Å²) in [5, 5.41) is 0. The van der Waals surface area contributed by atoms with Crippen LogP contribution < -0.4 is 0 Å². The Morgan fingerprint density at radius 3 is 1.49 bits per heavy atom. The molecule has 0 amide bonds. The number of hydrogen-bond donors (Lipinski definition) is 0. The third kappa shape index (κ3) is 18.2. The highest BCUT2D eigenvalue weighted by atomic mass is 14.2. The summed E-state index contributed by atoms with van der Waals surface area (Å²) >= 11 is 0. The normalized spacial score (nSPS) is 14.0. The summed E-state index contributed by atoms with van der Waals surface area (Å²) in [6, 6.07) is 0. The Bertz CT molecular complexity index is 817. The molecule has 0 fully saturated rings. The fourth-order valence-corrected chi connectivity index (χ4v) is 4.13. The Morgan fingerprint density at radius 1 is 0.571 bits per heavy atom. The van der Waals surface area contributed by atoms with Crippen molar-refractivity contribution in [3.63, 3.8) is 0 Å². The van der Waals surface area contributed by atoms with E-state index in [1.807, 2.05) is 0 Å². The molecule has 198 valence electrons. The molecule has 0 aromatic carbocycles. The van der Waals surface area contributed by atoms with Gasteiger partial charge < -0.3 is 0 Å². The van der Waals surface area contributed by atoms with E-state index in [-0.39, 0.29) is 0 Å². The van der Waals surface area contributed by atoms with E-state index in [1.165, 1.54) is 71.1 Å². The van der Waals surface area contributed by atoms with Gasteiger partial charge in [-0.2, -0.15) is 0 Å². The van der Waals surface area contributed by atoms with Crippen molar-refractivity contribution in [1.29, 1.82) is 0 Å². The molecule has 0 bridgehead atoms. The van der Waals surface area contributed by atoms with Gasteiger partial charge in [-0.25, -0.2) is 0 Å². The first kappa shape index (κ1) is 33.2. The summed E-state index contributed by atoms with van der Waals surface area (Å²) in [5.41, 5.74) is 12.0. The van der Waals surface area contributed by atoms with Crippen LogP contribution >= 0.6 is 0 Å². The van der Waals surface area contributed by atoms with Gasteiger partial charge in [0.25, 0.3) is 0 Å². The van der Waals surface area contributed by atoms with Crippen LogP contribution in [0.5, 0.6) is 0 Å². The van der Waals surface area contributed by atoms with Crippen LogP contribution in [0, 0.1) is 5.92 Å². The second-order valence-corrected chi connectivity index (χ2v) is 11.3. The maximum atomic E-state index is 2.49. The second kappa shape index (κ2) is 19.4. The van der Waals surface area contributed by atoms with Crippen molar-refractivity contribution in [2.75, 3.05) is 0 Å². The molecule has 0 aromatic rings. The van der Waals surface area contributed by atoms with Crippen molar-refractivity contribution in [3.05, 3.63) is 81.0 Å². The summed E-state index contributed by atoms with van der Waals surface area (Å²) in [5.74, 6) is 0.600. The molecule has 1 atom stereocenters. The Balaban J connectivity index is 5.03. The molecular formula is C35H58. The molecule has 1 unspecified atom stereocenters. The van der Waals surface area contributed by atoms with Gasteiger partial charge in [0.2, 0.25) is 0 Å². The van der Waals surface area contributed by atoms with Gasteiger partial charge in [0.1, 0.15) is 0 Å². The fraction of sp³-hybridized carbons (Fsp3) is 0.600. The zero-order chi connectivity index (χ0) is 26.8. The smallest absolute Gasteiger partial charge is 0.0134 e. The zero-order valence-electron chi connectivity index (χ0n) is 25.4. The van der Waals surface area contributed by atoms with Crippen molar-refractivity contribution >= 4 is 0 Å². The van der Waals surface area contributed by atoms with Crippen LogP contribution in [0.2, 0.25) is 0 Å². The van der Waals surface area contributed by atoms with Gasteiger partial charge in [-0.3, -0.25) is 0 Å². The molecule has 0 heteroatoms. The predicted molar refractivity (Wildman–Crippen MR) is 163 cm³/mol. The van der Waals surface area contributed by atoms with Gasteiger partial charge in [-0.15, -0.1) is 0 Å². The monoisotopic (exact) mass is 478 g/mol. The van der Waals surface area contributed by atoms with Gasteiger partial charge in [0, 0.05) is 0 Å². The van der Waals surface area contributed by atoms with Crippen molar-refractivity contribution in [3.8, 4) is 0 Å². The molecule has 0 saturated carbocycles. The van der Waals surface area contributed by atoms with Gasteiger partial charge in [0.15, 0.2) is 0 Å². The van der Waals surface area contributed by atoms with Crippen LogP contribution in [0.25, 0.3) is 0 Å². The van der Waals surface area contributed by atoms with Crippen LogP contribution in [-0.4, -0.2) is 0 Å². The molecule has 0 saturated heterocycles. The fourth-order valence-electron chi connectivity index (χ4n) is 4.13. The van der Waals surface area contributed by atoms with Gasteiger partial charge in [0.05, 0.1) is 0 Å². The highest BCUT2D eigenvalue weighted by Gasteiger charge is 2.13. The number of hydrogen-bond acceptors (Lipinski definition) is 0. The van der Waals surface area contributed by atoms with E-state index in [2.05, 4.69) is 113 Å². The second-order valence-electron chi connectivity index (χ2n) is 11.3. The Labute approximate surface area is 220 Å². The lowest BCUT2D eigenvalue weighted by Crippen LogP contribution is -2.04. The van der Waals surface area contributed by atoms with E-state index < -0.39 is 0 Å². The Hall–Kier alpha value is -1.82. The van der Waals surface area contributed by atoms with Crippen LogP contribution in [-0.2, 0) is 0 Å². The highest BCUT2D eigenvalue weighted by molar-refractivity contribution is 5.20. The Morgan fingerprint density at radius 2 is 1.03 bits per heavy atom.